The molecule has 3 radical (unpaired) electrons. The maximum Gasteiger partial charge on any atom is 0.240 e. The fraction of sp³-hybridized carbons (Fsp3) is 1.00. The topological polar surface area (TPSA) is 38.7 Å². The van der Waals surface area contributed by atoms with Gasteiger partial charge in [-0.2, -0.15) is 0 Å². The van der Waals surface area contributed by atoms with Gasteiger partial charge in [-0.3, -0.25) is 0 Å². The van der Waals surface area contributed by atoms with Gasteiger partial charge in [0.2, 0.25) is 10.5 Å². The van der Waals surface area contributed by atoms with Crippen molar-refractivity contribution >= 4 is 10.5 Å². The Morgan fingerprint density at radius 1 is 0.875 bits per heavy atom. The molecular formula is C4H9O3Si. The number of hydrogen-bond acceptors (Lipinski definition) is 3. The Kier molecular flexibility index (Phi) is 7.18. The number of rotatable bonds is 0. The summed E-state index contributed by atoms with van der Waals surface area (Å²) in [7, 11) is 1.97. The molecule has 1 heterocycles. The summed E-state index contributed by atoms with van der Waals surface area (Å²) < 4.78 is 9.89. The molecular weight excluding hydrogens is 124 g/mol. The van der Waals surface area contributed by atoms with E-state index < -0.39 is 0 Å². The van der Waals surface area contributed by atoms with Crippen LogP contribution in [-0.4, -0.2) is 41.7 Å². The molecule has 47 valence electrons. The average molecular weight is 133 g/mol. The Labute approximate surface area is 52.1 Å². The molecule has 0 saturated carbocycles. The van der Waals surface area contributed by atoms with Crippen molar-refractivity contribution in [2.45, 2.75) is 0 Å². The molecule has 4 heteroatoms. The van der Waals surface area contributed by atoms with E-state index in [1.165, 1.54) is 0 Å². The molecule has 0 unspecified atom stereocenters. The van der Waals surface area contributed by atoms with Crippen molar-refractivity contribution in [1.29, 1.82) is 0 Å². The van der Waals surface area contributed by atoms with E-state index in [0.29, 0.717) is 0 Å². The minimum atomic E-state index is 0.778. The van der Waals surface area contributed by atoms with Crippen LogP contribution < -0.4 is 0 Å². The van der Waals surface area contributed by atoms with Gasteiger partial charge in [0.1, 0.15) is 0 Å². The Morgan fingerprint density at radius 3 is 1.25 bits per heavy atom. The highest BCUT2D eigenvalue weighted by molar-refractivity contribution is 5.95. The fourth-order valence-electron chi connectivity index (χ4n) is 0.440. The van der Waals surface area contributed by atoms with Gasteiger partial charge < -0.3 is 14.3 Å². The van der Waals surface area contributed by atoms with E-state index in [2.05, 4.69) is 0 Å². The molecule has 0 atom stereocenters. The summed E-state index contributed by atoms with van der Waals surface area (Å²) in [4.78, 5) is 6.81. The standard InChI is InChI=1S/C4H8O2.HOSi/c1-2-6-4-3-5-1;1-2/h1-4H2;1H. The molecule has 1 N–H and O–H groups in total. The summed E-state index contributed by atoms with van der Waals surface area (Å²) in [6.45, 7) is 3.11. The van der Waals surface area contributed by atoms with Crippen molar-refractivity contribution in [2.24, 2.45) is 0 Å². The van der Waals surface area contributed by atoms with Gasteiger partial charge in [-0.25, -0.2) is 0 Å². The minimum absolute atomic E-state index is 0.778. The zero-order chi connectivity index (χ0) is 6.24. The molecule has 1 fully saturated rings. The normalized spacial score (nSPS) is 18.8. The summed E-state index contributed by atoms with van der Waals surface area (Å²) in [6, 6.07) is 0. The first kappa shape index (κ1) is 8.10. The maximum atomic E-state index is 6.81. The summed E-state index contributed by atoms with van der Waals surface area (Å²) in [5.41, 5.74) is 0. The molecule has 0 bridgehead atoms. The Morgan fingerprint density at radius 2 is 1.12 bits per heavy atom. The van der Waals surface area contributed by atoms with Crippen LogP contribution in [0.3, 0.4) is 0 Å². The van der Waals surface area contributed by atoms with Gasteiger partial charge in [-0.15, -0.1) is 0 Å². The number of hydrogen-bond donors (Lipinski definition) is 1. The summed E-state index contributed by atoms with van der Waals surface area (Å²) in [6.07, 6.45) is 0. The monoisotopic (exact) mass is 133 g/mol. The van der Waals surface area contributed by atoms with Crippen molar-refractivity contribution in [1.82, 2.24) is 0 Å². The summed E-state index contributed by atoms with van der Waals surface area (Å²) in [5.74, 6) is 0. The fourth-order valence-corrected chi connectivity index (χ4v) is 0.440. The van der Waals surface area contributed by atoms with Crippen LogP contribution in [0.1, 0.15) is 0 Å². The lowest BCUT2D eigenvalue weighted by molar-refractivity contribution is -0.0334. The first-order valence-corrected chi connectivity index (χ1v) is 2.83. The average Bonchev–Trinajstić information content (AvgIpc) is 1.96. The van der Waals surface area contributed by atoms with Crippen LogP contribution >= 0.6 is 0 Å². The third kappa shape index (κ3) is 4.26. The Hall–Kier alpha value is 0.0969. The Balaban J connectivity index is 0.000000222. The SMILES string of the molecule is C1COCCO1.O[Si]. The zero-order valence-electron chi connectivity index (χ0n) is 4.59. The van der Waals surface area contributed by atoms with Crippen LogP contribution in [0.25, 0.3) is 0 Å². The van der Waals surface area contributed by atoms with E-state index >= 15 is 0 Å². The van der Waals surface area contributed by atoms with E-state index in [0.717, 1.165) is 26.4 Å². The molecule has 0 aliphatic carbocycles. The predicted molar refractivity (Wildman–Crippen MR) is 29.6 cm³/mol. The van der Waals surface area contributed by atoms with Crippen molar-refractivity contribution in [3.63, 3.8) is 0 Å². The zero-order valence-corrected chi connectivity index (χ0v) is 5.59. The molecule has 0 aromatic rings. The van der Waals surface area contributed by atoms with E-state index in [1.54, 1.807) is 0 Å². The first-order chi connectivity index (χ1) is 4.00. The van der Waals surface area contributed by atoms with Crippen LogP contribution in [0.15, 0.2) is 0 Å². The highest BCUT2D eigenvalue weighted by Gasteiger charge is 1.94. The second-order valence-corrected chi connectivity index (χ2v) is 1.22. The molecule has 0 aromatic carbocycles. The molecule has 1 rings (SSSR count). The molecule has 8 heavy (non-hydrogen) atoms. The van der Waals surface area contributed by atoms with Gasteiger partial charge >= 0.3 is 0 Å². The number of ether oxygens (including phenoxy) is 2. The predicted octanol–water partition coefficient (Wildman–Crippen LogP) is -0.905. The quantitative estimate of drug-likeness (QED) is 0.435. The highest BCUT2D eigenvalue weighted by atomic mass is 28.2. The largest absolute Gasteiger partial charge is 0.433 e. The van der Waals surface area contributed by atoms with E-state index in [4.69, 9.17) is 14.3 Å². The van der Waals surface area contributed by atoms with E-state index in [9.17, 15) is 0 Å². The van der Waals surface area contributed by atoms with Gasteiger partial charge in [0.25, 0.3) is 0 Å². The van der Waals surface area contributed by atoms with Crippen LogP contribution in [0.2, 0.25) is 0 Å². The molecule has 0 spiro atoms. The van der Waals surface area contributed by atoms with Gasteiger partial charge in [0.15, 0.2) is 0 Å². The van der Waals surface area contributed by atoms with Crippen LogP contribution in [-0.2, 0) is 9.47 Å². The molecule has 0 aromatic heterocycles. The van der Waals surface area contributed by atoms with E-state index in [1.807, 2.05) is 10.5 Å². The van der Waals surface area contributed by atoms with E-state index in [-0.39, 0.29) is 0 Å². The van der Waals surface area contributed by atoms with Gasteiger partial charge in [-0.1, -0.05) is 0 Å². The third-order valence-electron chi connectivity index (χ3n) is 0.744. The smallest absolute Gasteiger partial charge is 0.240 e. The van der Waals surface area contributed by atoms with Crippen LogP contribution in [0, 0.1) is 0 Å². The molecule has 1 saturated heterocycles. The maximum absolute atomic E-state index is 6.81. The summed E-state index contributed by atoms with van der Waals surface area (Å²) >= 11 is 0. The second-order valence-electron chi connectivity index (χ2n) is 1.22. The van der Waals surface area contributed by atoms with Crippen LogP contribution in [0.4, 0.5) is 0 Å². The van der Waals surface area contributed by atoms with Gasteiger partial charge in [0.05, 0.1) is 26.4 Å². The molecule has 1 aliphatic rings. The lowest BCUT2D eigenvalue weighted by atomic mass is 10.6. The molecule has 0 amide bonds. The first-order valence-electron chi connectivity index (χ1n) is 2.38. The molecule has 3 nitrogen and oxygen atoms in total. The minimum Gasteiger partial charge on any atom is -0.433 e. The van der Waals surface area contributed by atoms with Crippen molar-refractivity contribution < 1.29 is 14.3 Å². The second kappa shape index (κ2) is 7.10. The van der Waals surface area contributed by atoms with Crippen molar-refractivity contribution in [2.75, 3.05) is 26.4 Å². The lowest BCUT2D eigenvalue weighted by Crippen LogP contribution is -2.16. The molecule has 1 aliphatic heterocycles. The van der Waals surface area contributed by atoms with Crippen molar-refractivity contribution in [3.05, 3.63) is 0 Å². The third-order valence-corrected chi connectivity index (χ3v) is 0.744. The van der Waals surface area contributed by atoms with Gasteiger partial charge in [0, 0.05) is 0 Å². The lowest BCUT2D eigenvalue weighted by Gasteiger charge is -2.09. The summed E-state index contributed by atoms with van der Waals surface area (Å²) in [5, 5.41) is 0. The van der Waals surface area contributed by atoms with Crippen molar-refractivity contribution in [3.8, 4) is 0 Å². The van der Waals surface area contributed by atoms with Crippen LogP contribution in [0.5, 0.6) is 0 Å². The highest BCUT2D eigenvalue weighted by Crippen LogP contribution is 1.85. The Bertz CT molecular complexity index is 26.8. The van der Waals surface area contributed by atoms with Gasteiger partial charge in [-0.05, 0) is 0 Å².